The number of hydrogen-bond donors (Lipinski definition) is 1. The lowest BCUT2D eigenvalue weighted by atomic mass is 10.1. The molecule has 1 N–H and O–H groups in total. The molecule has 0 saturated heterocycles. The molecule has 0 saturated carbocycles. The summed E-state index contributed by atoms with van der Waals surface area (Å²) in [5.41, 5.74) is -1.30. The van der Waals surface area contributed by atoms with Gasteiger partial charge in [-0.25, -0.2) is 9.59 Å². The molecule has 3 aromatic carbocycles. The zero-order valence-corrected chi connectivity index (χ0v) is 24.4. The number of ether oxygens (including phenoxy) is 3. The van der Waals surface area contributed by atoms with Crippen LogP contribution in [0.15, 0.2) is 88.4 Å². The maximum atomic E-state index is 13.8. The molecular weight excluding hydrogens is 605 g/mol. The zero-order valence-electron chi connectivity index (χ0n) is 23.5. The van der Waals surface area contributed by atoms with Crippen molar-refractivity contribution in [3.05, 3.63) is 90.0 Å². The van der Waals surface area contributed by atoms with E-state index in [1.807, 2.05) is 0 Å². The number of esters is 2. The quantitative estimate of drug-likeness (QED) is 0.0478. The number of aryl methyl sites for hydroxylation is 1. The van der Waals surface area contributed by atoms with Gasteiger partial charge in [0.05, 0.1) is 35.0 Å². The summed E-state index contributed by atoms with van der Waals surface area (Å²) in [4.78, 5) is 23.2. The zero-order chi connectivity index (χ0) is 32.3. The van der Waals surface area contributed by atoms with Crippen molar-refractivity contribution >= 4 is 33.4 Å². The van der Waals surface area contributed by atoms with E-state index in [0.717, 1.165) is 43.5 Å². The minimum Gasteiger partial charge on any atom is -0.494 e. The number of rotatable bonds is 14. The Balaban J connectivity index is 1.60. The van der Waals surface area contributed by atoms with Crippen molar-refractivity contribution in [2.24, 2.45) is 10.2 Å². The highest BCUT2D eigenvalue weighted by Gasteiger charge is 2.35. The molecule has 3 aromatic rings. The monoisotopic (exact) mass is 634 g/mol. The first-order valence-corrected chi connectivity index (χ1v) is 14.7. The minimum absolute atomic E-state index is 0.00248. The second-order valence-electron chi connectivity index (χ2n) is 9.35. The van der Waals surface area contributed by atoms with Gasteiger partial charge in [0.15, 0.2) is 0 Å². The third kappa shape index (κ3) is 10.3. The van der Waals surface area contributed by atoms with Gasteiger partial charge in [-0.3, -0.25) is 4.55 Å². The van der Waals surface area contributed by atoms with E-state index in [2.05, 4.69) is 16.8 Å². The molecule has 3 rings (SSSR count). The van der Waals surface area contributed by atoms with Crippen molar-refractivity contribution < 1.29 is 49.9 Å². The first-order chi connectivity index (χ1) is 20.8. The lowest BCUT2D eigenvalue weighted by Gasteiger charge is -2.13. The summed E-state index contributed by atoms with van der Waals surface area (Å²) < 4.78 is 89.3. The average Bonchev–Trinajstić information content (AvgIpc) is 2.97. The van der Waals surface area contributed by atoms with Gasteiger partial charge in [0.1, 0.15) is 17.1 Å². The molecule has 0 spiro atoms. The SMILES string of the molecule is C=CC(=O)OCCCCCCOc1ccc(C(=O)Oc2ccc(N=Nc3ccc(C)c(S(=O)(=O)O)c3)cc2C(F)(F)F)cc1. The van der Waals surface area contributed by atoms with E-state index >= 15 is 0 Å². The lowest BCUT2D eigenvalue weighted by Crippen LogP contribution is -2.13. The number of carbonyl (C=O) groups excluding carboxylic acids is 2. The maximum Gasteiger partial charge on any atom is 0.420 e. The number of halogens is 3. The molecule has 10 nitrogen and oxygen atoms in total. The van der Waals surface area contributed by atoms with Crippen LogP contribution in [0.5, 0.6) is 11.5 Å². The van der Waals surface area contributed by atoms with Gasteiger partial charge in [0.25, 0.3) is 10.1 Å². The average molecular weight is 635 g/mol. The Bertz CT molecular complexity index is 1620. The van der Waals surface area contributed by atoms with Crippen molar-refractivity contribution in [3.8, 4) is 11.5 Å². The second kappa shape index (κ2) is 15.3. The molecule has 0 amide bonds. The molecular formula is C30H29F3N2O8S. The summed E-state index contributed by atoms with van der Waals surface area (Å²) in [5, 5.41) is 7.48. The Morgan fingerprint density at radius 3 is 2.14 bits per heavy atom. The summed E-state index contributed by atoms with van der Waals surface area (Å²) in [7, 11) is -4.54. The van der Waals surface area contributed by atoms with Crippen LogP contribution in [0.1, 0.15) is 47.2 Å². The first-order valence-electron chi connectivity index (χ1n) is 13.2. The van der Waals surface area contributed by atoms with Crippen molar-refractivity contribution in [1.29, 1.82) is 0 Å². The maximum absolute atomic E-state index is 13.8. The Hall–Kier alpha value is -4.56. The van der Waals surface area contributed by atoms with Crippen LogP contribution in [0, 0.1) is 6.92 Å². The van der Waals surface area contributed by atoms with Gasteiger partial charge in [-0.15, -0.1) is 0 Å². The molecule has 0 heterocycles. The van der Waals surface area contributed by atoms with E-state index in [1.54, 1.807) is 0 Å². The lowest BCUT2D eigenvalue weighted by molar-refractivity contribution is -0.139. The van der Waals surface area contributed by atoms with E-state index in [-0.39, 0.29) is 22.5 Å². The van der Waals surface area contributed by atoms with Gasteiger partial charge in [-0.05, 0) is 92.8 Å². The van der Waals surface area contributed by atoms with Gasteiger partial charge in [-0.2, -0.15) is 31.8 Å². The Kier molecular flexibility index (Phi) is 11.8. The van der Waals surface area contributed by atoms with Crippen LogP contribution in [-0.4, -0.2) is 38.1 Å². The highest BCUT2D eigenvalue weighted by molar-refractivity contribution is 7.85. The minimum atomic E-state index is -4.91. The number of hydrogen-bond acceptors (Lipinski definition) is 9. The number of unbranched alkanes of at least 4 members (excludes halogenated alkanes) is 3. The van der Waals surface area contributed by atoms with Crippen LogP contribution in [0.2, 0.25) is 0 Å². The van der Waals surface area contributed by atoms with E-state index < -0.39 is 44.4 Å². The molecule has 0 fully saturated rings. The molecule has 0 aromatic heterocycles. The summed E-state index contributed by atoms with van der Waals surface area (Å²) >= 11 is 0. The molecule has 0 aliphatic rings. The van der Waals surface area contributed by atoms with E-state index in [0.29, 0.717) is 31.5 Å². The van der Waals surface area contributed by atoms with Gasteiger partial charge in [-0.1, -0.05) is 12.6 Å². The second-order valence-corrected chi connectivity index (χ2v) is 10.7. The highest BCUT2D eigenvalue weighted by atomic mass is 32.2. The fourth-order valence-electron chi connectivity index (χ4n) is 3.76. The summed E-state index contributed by atoms with van der Waals surface area (Å²) in [6.45, 7) is 5.49. The molecule has 0 bridgehead atoms. The molecule has 14 heteroatoms. The Morgan fingerprint density at radius 1 is 0.909 bits per heavy atom. The molecule has 0 atom stereocenters. The number of benzene rings is 3. The van der Waals surface area contributed by atoms with Crippen molar-refractivity contribution in [2.45, 2.75) is 43.7 Å². The van der Waals surface area contributed by atoms with Gasteiger partial charge < -0.3 is 14.2 Å². The number of nitrogens with zero attached hydrogens (tertiary/aromatic N) is 2. The van der Waals surface area contributed by atoms with Crippen LogP contribution in [0.4, 0.5) is 24.5 Å². The van der Waals surface area contributed by atoms with Crippen LogP contribution in [0.3, 0.4) is 0 Å². The predicted molar refractivity (Wildman–Crippen MR) is 153 cm³/mol. The first kappa shape index (κ1) is 33.9. The topological polar surface area (TPSA) is 141 Å². The van der Waals surface area contributed by atoms with E-state index in [1.165, 1.54) is 43.3 Å². The van der Waals surface area contributed by atoms with Crippen molar-refractivity contribution in [1.82, 2.24) is 0 Å². The number of carbonyl (C=O) groups is 2. The fourth-order valence-corrected chi connectivity index (χ4v) is 4.51. The van der Waals surface area contributed by atoms with E-state index in [4.69, 9.17) is 14.2 Å². The molecule has 44 heavy (non-hydrogen) atoms. The smallest absolute Gasteiger partial charge is 0.420 e. The van der Waals surface area contributed by atoms with Gasteiger partial charge >= 0.3 is 18.1 Å². The summed E-state index contributed by atoms with van der Waals surface area (Å²) in [6.07, 6.45) is -0.657. The predicted octanol–water partition coefficient (Wildman–Crippen LogP) is 7.56. The van der Waals surface area contributed by atoms with Gasteiger partial charge in [0, 0.05) is 6.08 Å². The molecule has 0 radical (unpaired) electrons. The Labute approximate surface area is 251 Å². The molecule has 0 aliphatic heterocycles. The van der Waals surface area contributed by atoms with Gasteiger partial charge in [0.2, 0.25) is 0 Å². The van der Waals surface area contributed by atoms with Crippen LogP contribution in [0.25, 0.3) is 0 Å². The summed E-state index contributed by atoms with van der Waals surface area (Å²) in [5.74, 6) is -1.76. The van der Waals surface area contributed by atoms with Crippen molar-refractivity contribution in [2.75, 3.05) is 13.2 Å². The molecule has 234 valence electrons. The van der Waals surface area contributed by atoms with Crippen LogP contribution >= 0.6 is 0 Å². The fraction of sp³-hybridized carbons (Fsp3) is 0.267. The van der Waals surface area contributed by atoms with E-state index in [9.17, 15) is 35.7 Å². The number of alkyl halides is 3. The van der Waals surface area contributed by atoms with Crippen molar-refractivity contribution in [3.63, 3.8) is 0 Å². The highest BCUT2D eigenvalue weighted by Crippen LogP contribution is 2.39. The van der Waals surface area contributed by atoms with Crippen LogP contribution in [-0.2, 0) is 25.8 Å². The van der Waals surface area contributed by atoms with Crippen LogP contribution < -0.4 is 9.47 Å². The third-order valence-electron chi connectivity index (χ3n) is 6.01. The normalized spacial score (nSPS) is 11.8. The molecule has 0 unspecified atom stereocenters. The summed E-state index contributed by atoms with van der Waals surface area (Å²) in [6, 6.07) is 12.2. The third-order valence-corrected chi connectivity index (χ3v) is 7.01. The molecule has 0 aliphatic carbocycles. The largest absolute Gasteiger partial charge is 0.494 e. The number of azo groups is 1. The standard InChI is InChI=1S/C30H29F3N2O8S/c1-3-28(36)42-17-7-5-4-6-16-41-24-13-9-21(10-14-24)29(37)43-26-15-12-22(18-25(26)30(31,32)33)34-35-23-11-8-20(2)27(19-23)44(38,39)40/h3,8-15,18-19H,1,4-7,16-17H2,2H3,(H,38,39,40). The Morgan fingerprint density at radius 2 is 1.52 bits per heavy atom.